The summed E-state index contributed by atoms with van der Waals surface area (Å²) in [7, 11) is -1.98. The van der Waals surface area contributed by atoms with Crippen molar-refractivity contribution in [2.24, 2.45) is 0 Å². The van der Waals surface area contributed by atoms with E-state index < -0.39 is 13.5 Å². The van der Waals surface area contributed by atoms with Crippen LogP contribution in [0.3, 0.4) is 0 Å². The molecule has 1 aliphatic heterocycles. The number of hydrogen-bond donors (Lipinski definition) is 0. The largest absolute Gasteiger partial charge is 0.377 e. The number of amides is 1. The standard InChI is InChI=1S/C17H26BrN2O5P/c1-14(21)20(15-8-6-5-7-9-15)26(22,19(4)11-10-18)24-13-16-12-23-17(2,3)25-16/h5-9,16H,10-13H2,1-4H3. The number of benzene rings is 1. The van der Waals surface area contributed by atoms with Gasteiger partial charge in [0.25, 0.3) is 0 Å². The van der Waals surface area contributed by atoms with Crippen molar-refractivity contribution in [1.82, 2.24) is 4.67 Å². The second kappa shape index (κ2) is 8.95. The molecule has 1 amide bonds. The lowest BCUT2D eigenvalue weighted by Crippen LogP contribution is -2.36. The first-order valence-electron chi connectivity index (χ1n) is 8.40. The predicted molar refractivity (Wildman–Crippen MR) is 104 cm³/mol. The summed E-state index contributed by atoms with van der Waals surface area (Å²) < 4.78 is 33.8. The van der Waals surface area contributed by atoms with Gasteiger partial charge in [-0.1, -0.05) is 34.1 Å². The molecule has 9 heteroatoms. The van der Waals surface area contributed by atoms with Gasteiger partial charge >= 0.3 is 7.67 Å². The summed E-state index contributed by atoms with van der Waals surface area (Å²) in [6.07, 6.45) is -0.347. The summed E-state index contributed by atoms with van der Waals surface area (Å²) in [5.41, 5.74) is 0.522. The molecule has 0 saturated carbocycles. The zero-order chi connectivity index (χ0) is 19.4. The molecule has 0 N–H and O–H groups in total. The van der Waals surface area contributed by atoms with Gasteiger partial charge in [-0.2, -0.15) is 0 Å². The second-order valence-corrected chi connectivity index (χ2v) is 9.59. The lowest BCUT2D eigenvalue weighted by Gasteiger charge is -2.36. The van der Waals surface area contributed by atoms with Gasteiger partial charge in [0.1, 0.15) is 6.10 Å². The topological polar surface area (TPSA) is 68.3 Å². The summed E-state index contributed by atoms with van der Waals surface area (Å²) in [4.78, 5) is 12.4. The summed E-state index contributed by atoms with van der Waals surface area (Å²) in [6.45, 7) is 5.86. The smallest absolute Gasteiger partial charge is 0.348 e. The number of rotatable bonds is 8. The normalized spacial score (nSPS) is 21.5. The zero-order valence-electron chi connectivity index (χ0n) is 15.6. The highest BCUT2D eigenvalue weighted by molar-refractivity contribution is 9.09. The van der Waals surface area contributed by atoms with Crippen LogP contribution in [0.4, 0.5) is 5.69 Å². The minimum atomic E-state index is -3.66. The molecule has 1 aromatic carbocycles. The van der Waals surface area contributed by atoms with Gasteiger partial charge in [0.15, 0.2) is 5.79 Å². The molecule has 7 nitrogen and oxygen atoms in total. The summed E-state index contributed by atoms with van der Waals surface area (Å²) >= 11 is 3.35. The Bertz CT molecular complexity index is 658. The van der Waals surface area contributed by atoms with Crippen molar-refractivity contribution >= 4 is 35.2 Å². The van der Waals surface area contributed by atoms with E-state index in [0.717, 1.165) is 0 Å². The van der Waals surface area contributed by atoms with Crippen LogP contribution in [0, 0.1) is 0 Å². The van der Waals surface area contributed by atoms with Crippen LogP contribution in [0.15, 0.2) is 30.3 Å². The molecule has 146 valence electrons. The van der Waals surface area contributed by atoms with Crippen LogP contribution in [0.2, 0.25) is 0 Å². The molecule has 0 aromatic heterocycles. The predicted octanol–water partition coefficient (Wildman–Crippen LogP) is 3.64. The zero-order valence-corrected chi connectivity index (χ0v) is 18.0. The molecule has 0 spiro atoms. The van der Waals surface area contributed by atoms with Gasteiger partial charge in [-0.05, 0) is 33.0 Å². The maximum Gasteiger partial charge on any atom is 0.377 e. The number of para-hydroxylation sites is 1. The van der Waals surface area contributed by atoms with Crippen LogP contribution >= 0.6 is 23.6 Å². The first-order chi connectivity index (χ1) is 12.2. The maximum atomic E-state index is 13.9. The molecule has 2 unspecified atom stereocenters. The van der Waals surface area contributed by atoms with Gasteiger partial charge in [0, 0.05) is 18.8 Å². The van der Waals surface area contributed by atoms with Crippen LogP contribution in [0.5, 0.6) is 0 Å². The van der Waals surface area contributed by atoms with Crippen molar-refractivity contribution < 1.29 is 23.4 Å². The lowest BCUT2D eigenvalue weighted by atomic mass is 10.3. The number of alkyl halides is 1. The van der Waals surface area contributed by atoms with E-state index >= 15 is 0 Å². The summed E-state index contributed by atoms with van der Waals surface area (Å²) in [5.74, 6) is -1.05. The van der Waals surface area contributed by atoms with Crippen molar-refractivity contribution in [2.75, 3.05) is 36.8 Å². The fourth-order valence-corrected chi connectivity index (χ4v) is 5.58. The van der Waals surface area contributed by atoms with E-state index in [1.165, 1.54) is 11.6 Å². The monoisotopic (exact) mass is 448 g/mol. The van der Waals surface area contributed by atoms with Gasteiger partial charge in [0.2, 0.25) is 5.91 Å². The Kier molecular flexibility index (Phi) is 7.42. The molecule has 1 saturated heterocycles. The van der Waals surface area contributed by atoms with Crippen LogP contribution in [0.25, 0.3) is 0 Å². The highest BCUT2D eigenvalue weighted by Gasteiger charge is 2.42. The highest BCUT2D eigenvalue weighted by Crippen LogP contribution is 2.55. The van der Waals surface area contributed by atoms with E-state index in [9.17, 15) is 9.36 Å². The van der Waals surface area contributed by atoms with Gasteiger partial charge in [-0.25, -0.2) is 13.9 Å². The minimum absolute atomic E-state index is 0.0595. The SMILES string of the molecule is CC(=O)N(c1ccccc1)P(=O)(OCC1COC(C)(C)O1)N(C)CCBr. The van der Waals surface area contributed by atoms with Crippen molar-refractivity contribution in [3.8, 4) is 0 Å². The molecule has 1 fully saturated rings. The number of halogens is 1. The second-order valence-electron chi connectivity index (χ2n) is 6.47. The third kappa shape index (κ3) is 5.15. The molecule has 0 radical (unpaired) electrons. The summed E-state index contributed by atoms with van der Waals surface area (Å²) in [5, 5.41) is 0.591. The lowest BCUT2D eigenvalue weighted by molar-refractivity contribution is -0.141. The van der Waals surface area contributed by atoms with E-state index in [4.69, 9.17) is 14.0 Å². The van der Waals surface area contributed by atoms with E-state index in [2.05, 4.69) is 15.9 Å². The molecule has 0 aliphatic carbocycles. The Morgan fingerprint density at radius 1 is 1.38 bits per heavy atom. The number of hydrogen-bond acceptors (Lipinski definition) is 5. The minimum Gasteiger partial charge on any atom is -0.348 e. The Labute approximate surface area is 163 Å². The number of carbonyl (C=O) groups is 1. The maximum absolute atomic E-state index is 13.9. The average molecular weight is 449 g/mol. The summed E-state index contributed by atoms with van der Waals surface area (Å²) in [6, 6.07) is 8.88. The van der Waals surface area contributed by atoms with E-state index in [0.29, 0.717) is 24.2 Å². The van der Waals surface area contributed by atoms with Crippen LogP contribution in [-0.2, 0) is 23.4 Å². The molecule has 1 heterocycles. The molecule has 0 bridgehead atoms. The first kappa shape index (κ1) is 21.5. The molecule has 2 atom stereocenters. The Hall–Kier alpha value is -0.760. The average Bonchev–Trinajstić information content (AvgIpc) is 2.93. The third-order valence-electron chi connectivity index (χ3n) is 3.89. The number of anilines is 1. The fraction of sp³-hybridized carbons (Fsp3) is 0.588. The van der Waals surface area contributed by atoms with Crippen LogP contribution in [-0.4, -0.2) is 54.6 Å². The molecule has 1 aliphatic rings. The van der Waals surface area contributed by atoms with E-state index in [-0.39, 0.29) is 18.6 Å². The fourth-order valence-electron chi connectivity index (χ4n) is 2.66. The molecule has 26 heavy (non-hydrogen) atoms. The molecule has 2 rings (SSSR count). The van der Waals surface area contributed by atoms with Crippen LogP contribution in [0.1, 0.15) is 20.8 Å². The van der Waals surface area contributed by atoms with Gasteiger partial charge < -0.3 is 9.47 Å². The van der Waals surface area contributed by atoms with Gasteiger partial charge in [-0.15, -0.1) is 0 Å². The van der Waals surface area contributed by atoms with Crippen molar-refractivity contribution in [1.29, 1.82) is 0 Å². The van der Waals surface area contributed by atoms with E-state index in [1.54, 1.807) is 36.0 Å². The first-order valence-corrected chi connectivity index (χ1v) is 11.0. The van der Waals surface area contributed by atoms with Gasteiger partial charge in [0.05, 0.1) is 18.9 Å². The van der Waals surface area contributed by atoms with Crippen molar-refractivity contribution in [2.45, 2.75) is 32.7 Å². The molecule has 1 aromatic rings. The highest BCUT2D eigenvalue weighted by atomic mass is 79.9. The van der Waals surface area contributed by atoms with E-state index in [1.807, 2.05) is 19.9 Å². The molecular weight excluding hydrogens is 423 g/mol. The third-order valence-corrected chi connectivity index (χ3v) is 6.81. The number of carbonyl (C=O) groups excluding carboxylic acids is 1. The number of nitrogens with zero attached hydrogens (tertiary/aromatic N) is 2. The van der Waals surface area contributed by atoms with Gasteiger partial charge in [-0.3, -0.25) is 9.32 Å². The molecular formula is C17H26BrN2O5P. The van der Waals surface area contributed by atoms with Crippen molar-refractivity contribution in [3.63, 3.8) is 0 Å². The Morgan fingerprint density at radius 2 is 2.04 bits per heavy atom. The number of ether oxygens (including phenoxy) is 2. The quantitative estimate of drug-likeness (QED) is 0.446. The van der Waals surface area contributed by atoms with Crippen molar-refractivity contribution in [3.05, 3.63) is 30.3 Å². The Morgan fingerprint density at radius 3 is 2.54 bits per heavy atom. The Balaban J connectivity index is 2.28. The van der Waals surface area contributed by atoms with Crippen LogP contribution < -0.4 is 4.67 Å².